The molecular weight excluding hydrogens is 218 g/mol. The van der Waals surface area contributed by atoms with E-state index in [-0.39, 0.29) is 0 Å². The van der Waals surface area contributed by atoms with Crippen LogP contribution in [0.4, 0.5) is 0 Å². The number of rotatable bonds is 3. The van der Waals surface area contributed by atoms with Gasteiger partial charge in [0.15, 0.2) is 5.82 Å². The Morgan fingerprint density at radius 2 is 2.00 bits per heavy atom. The number of hydrogen-bond acceptors (Lipinski definition) is 3. The first-order chi connectivity index (χ1) is 8.24. The molecule has 1 aliphatic carbocycles. The van der Waals surface area contributed by atoms with Gasteiger partial charge in [-0.3, -0.25) is 4.57 Å². The molecule has 1 aliphatic rings. The van der Waals surface area contributed by atoms with Gasteiger partial charge >= 0.3 is 5.97 Å². The van der Waals surface area contributed by atoms with E-state index in [0.29, 0.717) is 18.7 Å². The van der Waals surface area contributed by atoms with Gasteiger partial charge in [-0.2, -0.15) is 0 Å². The first-order valence-corrected chi connectivity index (χ1v) is 5.43. The Kier molecular flexibility index (Phi) is 2.01. The van der Waals surface area contributed by atoms with Gasteiger partial charge in [-0.25, -0.2) is 4.79 Å². The highest BCUT2D eigenvalue weighted by molar-refractivity contribution is 5.81. The standard InChI is InChI=1S/C12H11N3O2/c16-11(17)12(6-7-12)15-8-13-14-10(15)9-4-2-1-3-5-9/h1-5,8H,6-7H2,(H,16,17). The van der Waals surface area contributed by atoms with Gasteiger partial charge in [-0.15, -0.1) is 10.2 Å². The van der Waals surface area contributed by atoms with Gasteiger partial charge in [0, 0.05) is 5.56 Å². The second-order valence-corrected chi connectivity index (χ2v) is 4.23. The van der Waals surface area contributed by atoms with E-state index in [0.717, 1.165) is 5.56 Å². The summed E-state index contributed by atoms with van der Waals surface area (Å²) in [5.41, 5.74) is 0.0619. The summed E-state index contributed by atoms with van der Waals surface area (Å²) in [5.74, 6) is -0.194. The molecule has 1 aromatic heterocycles. The summed E-state index contributed by atoms with van der Waals surface area (Å²) in [7, 11) is 0. The summed E-state index contributed by atoms with van der Waals surface area (Å²) < 4.78 is 1.67. The van der Waals surface area contributed by atoms with Crippen molar-refractivity contribution < 1.29 is 9.90 Å². The van der Waals surface area contributed by atoms with Gasteiger partial charge in [0.25, 0.3) is 0 Å². The fourth-order valence-corrected chi connectivity index (χ4v) is 2.01. The molecule has 1 N–H and O–H groups in total. The third-order valence-corrected chi connectivity index (χ3v) is 3.16. The quantitative estimate of drug-likeness (QED) is 0.866. The predicted molar refractivity (Wildman–Crippen MR) is 60.3 cm³/mol. The zero-order chi connectivity index (χ0) is 11.9. The maximum absolute atomic E-state index is 11.3. The number of nitrogens with zero attached hydrogens (tertiary/aromatic N) is 3. The Morgan fingerprint density at radius 1 is 1.29 bits per heavy atom. The molecular formula is C12H11N3O2. The number of aromatic nitrogens is 3. The second kappa shape index (κ2) is 3.41. The molecule has 1 aromatic carbocycles. The van der Waals surface area contributed by atoms with Crippen LogP contribution in [0.3, 0.4) is 0 Å². The highest BCUT2D eigenvalue weighted by Gasteiger charge is 2.53. The van der Waals surface area contributed by atoms with Crippen molar-refractivity contribution in [3.8, 4) is 11.4 Å². The third-order valence-electron chi connectivity index (χ3n) is 3.16. The molecule has 2 aromatic rings. The van der Waals surface area contributed by atoms with Crippen LogP contribution in [-0.4, -0.2) is 25.8 Å². The number of hydrogen-bond donors (Lipinski definition) is 1. The molecule has 1 heterocycles. The van der Waals surface area contributed by atoms with Crippen LogP contribution in [-0.2, 0) is 10.3 Å². The van der Waals surface area contributed by atoms with Gasteiger partial charge in [0.2, 0.25) is 0 Å². The van der Waals surface area contributed by atoms with E-state index in [1.54, 1.807) is 4.57 Å². The topological polar surface area (TPSA) is 68.0 Å². The predicted octanol–water partition coefficient (Wildman–Crippen LogP) is 1.52. The number of carbonyl (C=O) groups is 1. The highest BCUT2D eigenvalue weighted by Crippen LogP contribution is 2.45. The monoisotopic (exact) mass is 229 g/mol. The van der Waals surface area contributed by atoms with Gasteiger partial charge in [-0.1, -0.05) is 30.3 Å². The van der Waals surface area contributed by atoms with Crippen LogP contribution in [0.2, 0.25) is 0 Å². The summed E-state index contributed by atoms with van der Waals surface area (Å²) >= 11 is 0. The van der Waals surface area contributed by atoms with Crippen molar-refractivity contribution in [2.24, 2.45) is 0 Å². The van der Waals surface area contributed by atoms with E-state index >= 15 is 0 Å². The molecule has 0 aliphatic heterocycles. The number of aliphatic carboxylic acids is 1. The van der Waals surface area contributed by atoms with Gasteiger partial charge < -0.3 is 5.11 Å². The second-order valence-electron chi connectivity index (χ2n) is 4.23. The van der Waals surface area contributed by atoms with Gasteiger partial charge in [0.05, 0.1) is 0 Å². The summed E-state index contributed by atoms with van der Waals surface area (Å²) in [5, 5.41) is 17.1. The van der Waals surface area contributed by atoms with E-state index in [1.807, 2.05) is 30.3 Å². The Balaban J connectivity index is 2.10. The maximum atomic E-state index is 11.3. The fourth-order valence-electron chi connectivity index (χ4n) is 2.01. The molecule has 0 amide bonds. The Hall–Kier alpha value is -2.17. The van der Waals surface area contributed by atoms with Crippen LogP contribution in [0.25, 0.3) is 11.4 Å². The molecule has 1 saturated carbocycles. The van der Waals surface area contributed by atoms with Crippen molar-refractivity contribution in [3.63, 3.8) is 0 Å². The average molecular weight is 229 g/mol. The Labute approximate surface area is 97.7 Å². The minimum Gasteiger partial charge on any atom is -0.479 e. The van der Waals surface area contributed by atoms with E-state index in [1.165, 1.54) is 6.33 Å². The van der Waals surface area contributed by atoms with E-state index in [2.05, 4.69) is 10.2 Å². The lowest BCUT2D eigenvalue weighted by molar-refractivity contribution is -0.142. The normalized spacial score (nSPS) is 16.7. The number of benzene rings is 1. The molecule has 0 atom stereocenters. The molecule has 17 heavy (non-hydrogen) atoms. The molecule has 0 saturated heterocycles. The largest absolute Gasteiger partial charge is 0.479 e. The summed E-state index contributed by atoms with van der Waals surface area (Å²) in [6.45, 7) is 0. The molecule has 86 valence electrons. The Morgan fingerprint density at radius 3 is 2.59 bits per heavy atom. The van der Waals surface area contributed by atoms with E-state index < -0.39 is 11.5 Å². The number of carboxylic acids is 1. The number of carboxylic acid groups (broad SMARTS) is 1. The van der Waals surface area contributed by atoms with E-state index in [4.69, 9.17) is 0 Å². The lowest BCUT2D eigenvalue weighted by atomic mass is 10.2. The van der Waals surface area contributed by atoms with Crippen LogP contribution < -0.4 is 0 Å². The van der Waals surface area contributed by atoms with Crippen LogP contribution in [0, 0.1) is 0 Å². The molecule has 0 bridgehead atoms. The van der Waals surface area contributed by atoms with Crippen LogP contribution >= 0.6 is 0 Å². The molecule has 1 fully saturated rings. The molecule has 3 rings (SSSR count). The smallest absolute Gasteiger partial charge is 0.329 e. The van der Waals surface area contributed by atoms with Crippen molar-refractivity contribution in [2.75, 3.05) is 0 Å². The zero-order valence-electron chi connectivity index (χ0n) is 9.08. The summed E-state index contributed by atoms with van der Waals surface area (Å²) in [6.07, 6.45) is 2.78. The summed E-state index contributed by atoms with van der Waals surface area (Å²) in [6, 6.07) is 9.51. The highest BCUT2D eigenvalue weighted by atomic mass is 16.4. The van der Waals surface area contributed by atoms with Crippen LogP contribution in [0.5, 0.6) is 0 Å². The molecule has 0 spiro atoms. The fraction of sp³-hybridized carbons (Fsp3) is 0.250. The third kappa shape index (κ3) is 1.43. The van der Waals surface area contributed by atoms with E-state index in [9.17, 15) is 9.90 Å². The van der Waals surface area contributed by atoms with Crippen molar-refractivity contribution in [3.05, 3.63) is 36.7 Å². The van der Waals surface area contributed by atoms with Crippen molar-refractivity contribution in [1.82, 2.24) is 14.8 Å². The lowest BCUT2D eigenvalue weighted by Crippen LogP contribution is -2.27. The molecule has 0 unspecified atom stereocenters. The van der Waals surface area contributed by atoms with Crippen molar-refractivity contribution in [1.29, 1.82) is 0 Å². The van der Waals surface area contributed by atoms with Crippen LogP contribution in [0.1, 0.15) is 12.8 Å². The van der Waals surface area contributed by atoms with Gasteiger partial charge in [-0.05, 0) is 12.8 Å². The molecule has 5 heteroatoms. The van der Waals surface area contributed by atoms with Gasteiger partial charge in [0.1, 0.15) is 11.9 Å². The van der Waals surface area contributed by atoms with Crippen LogP contribution in [0.15, 0.2) is 36.7 Å². The van der Waals surface area contributed by atoms with Crippen molar-refractivity contribution >= 4 is 5.97 Å². The first kappa shape index (κ1) is 10.0. The zero-order valence-corrected chi connectivity index (χ0v) is 9.08. The minimum absolute atomic E-state index is 0.616. The lowest BCUT2D eigenvalue weighted by Gasteiger charge is -2.13. The first-order valence-electron chi connectivity index (χ1n) is 5.43. The SMILES string of the molecule is O=C(O)C1(n2cnnc2-c2ccccc2)CC1. The average Bonchev–Trinajstić information content (AvgIpc) is 3.02. The molecule has 5 nitrogen and oxygen atoms in total. The van der Waals surface area contributed by atoms with Crippen molar-refractivity contribution in [2.45, 2.75) is 18.4 Å². The maximum Gasteiger partial charge on any atom is 0.329 e. The molecule has 0 radical (unpaired) electrons. The Bertz CT molecular complexity index is 558. The minimum atomic E-state index is -0.825. The summed E-state index contributed by atoms with van der Waals surface area (Å²) in [4.78, 5) is 11.3.